The molecule has 234 valence electrons. The number of hydrogen-bond acceptors (Lipinski definition) is 7. The Kier molecular flexibility index (Phi) is 12.2. The Balaban J connectivity index is 0.00000271. The average molecular weight is 611 g/mol. The molecule has 4 aromatic rings. The molecule has 8 nitrogen and oxygen atoms in total. The van der Waals surface area contributed by atoms with Crippen LogP contribution in [0.2, 0.25) is 0 Å². The largest absolute Gasteiger partial charge is 0.399 e. The number of halogens is 2. The number of terminal acetylenes is 1. The van der Waals surface area contributed by atoms with Crippen LogP contribution < -0.4 is 16.4 Å². The third-order valence-electron chi connectivity index (χ3n) is 6.91. The maximum absolute atomic E-state index is 16.1. The van der Waals surface area contributed by atoms with Crippen LogP contribution >= 0.6 is 0 Å². The van der Waals surface area contributed by atoms with E-state index in [2.05, 4.69) is 51.6 Å². The highest BCUT2D eigenvalue weighted by Crippen LogP contribution is 2.32. The van der Waals surface area contributed by atoms with Gasteiger partial charge in [0.15, 0.2) is 0 Å². The minimum atomic E-state index is -0.568. The van der Waals surface area contributed by atoms with Crippen LogP contribution in [0.5, 0.6) is 0 Å². The molecule has 5 N–H and O–H groups in total. The van der Waals surface area contributed by atoms with Crippen LogP contribution in [0.15, 0.2) is 91.1 Å². The van der Waals surface area contributed by atoms with E-state index >= 15 is 4.39 Å². The number of nitrogens with one attached hydrogen (secondary N) is 3. The van der Waals surface area contributed by atoms with Gasteiger partial charge in [-0.25, -0.2) is 13.8 Å². The van der Waals surface area contributed by atoms with Crippen LogP contribution in [-0.2, 0) is 6.42 Å². The van der Waals surface area contributed by atoms with E-state index in [9.17, 15) is 4.39 Å². The minimum absolute atomic E-state index is 0.0631. The fraction of sp³-hybridized carbons (Fsp3) is 0.229. The third kappa shape index (κ3) is 8.87. The summed E-state index contributed by atoms with van der Waals surface area (Å²) in [6.07, 6.45) is 16.9. The van der Waals surface area contributed by atoms with E-state index in [4.69, 9.17) is 10.7 Å². The number of hydrogen-bond donors (Lipinski definition) is 4. The summed E-state index contributed by atoms with van der Waals surface area (Å²) in [6, 6.07) is 6.53. The van der Waals surface area contributed by atoms with Gasteiger partial charge < -0.3 is 26.3 Å². The third-order valence-corrected chi connectivity index (χ3v) is 6.91. The number of likely N-dealkylation sites (N-methyl/N-ethyl adjacent to an activating group) is 1. The van der Waals surface area contributed by atoms with Crippen molar-refractivity contribution in [3.63, 3.8) is 0 Å². The molecule has 0 unspecified atom stereocenters. The van der Waals surface area contributed by atoms with Gasteiger partial charge in [0.25, 0.3) is 0 Å². The second-order valence-electron chi connectivity index (χ2n) is 10.5. The predicted molar refractivity (Wildman–Crippen MR) is 182 cm³/mol. The van der Waals surface area contributed by atoms with Crippen molar-refractivity contribution in [1.29, 1.82) is 0 Å². The molecule has 4 rings (SSSR count). The Bertz CT molecular complexity index is 1750. The summed E-state index contributed by atoms with van der Waals surface area (Å²) in [4.78, 5) is 18.6. The molecule has 1 aromatic carbocycles. The number of aromatic amines is 1. The van der Waals surface area contributed by atoms with Crippen LogP contribution in [0.3, 0.4) is 0 Å². The van der Waals surface area contributed by atoms with Gasteiger partial charge in [0.1, 0.15) is 17.5 Å². The van der Waals surface area contributed by atoms with Crippen LogP contribution in [0, 0.1) is 18.7 Å². The first-order valence-electron chi connectivity index (χ1n) is 14.3. The van der Waals surface area contributed by atoms with Crippen molar-refractivity contribution in [1.82, 2.24) is 24.8 Å². The Morgan fingerprint density at radius 1 is 1.07 bits per heavy atom. The Hall–Kier alpha value is -5.27. The normalized spacial score (nSPS) is 11.9. The quantitative estimate of drug-likeness (QED) is 0.0948. The fourth-order valence-electron chi connectivity index (χ4n) is 4.47. The number of pyridine rings is 2. The Labute approximate surface area is 263 Å². The van der Waals surface area contributed by atoms with Crippen LogP contribution in [0.25, 0.3) is 27.7 Å². The highest BCUT2D eigenvalue weighted by atomic mass is 19.1. The van der Waals surface area contributed by atoms with Gasteiger partial charge in [-0.3, -0.25) is 9.97 Å². The number of H-pyrrole nitrogens is 1. The predicted octanol–water partition coefficient (Wildman–Crippen LogP) is 7.06. The number of benzene rings is 1. The molecule has 0 fully saturated rings. The van der Waals surface area contributed by atoms with Gasteiger partial charge in [0, 0.05) is 71.3 Å². The number of nitrogens with zero attached hydrogens (tertiary/aromatic N) is 4. The number of nitrogens with two attached hydrogens (primary N) is 1. The van der Waals surface area contributed by atoms with Crippen molar-refractivity contribution in [2.45, 2.75) is 26.7 Å². The summed E-state index contributed by atoms with van der Waals surface area (Å²) < 4.78 is 30.7. The Morgan fingerprint density at radius 3 is 2.49 bits per heavy atom. The van der Waals surface area contributed by atoms with Gasteiger partial charge in [-0.15, -0.1) is 12.8 Å². The summed E-state index contributed by atoms with van der Waals surface area (Å²) in [5.41, 5.74) is 12.1. The lowest BCUT2D eigenvalue weighted by Gasteiger charge is -2.13. The molecule has 0 aliphatic rings. The first-order chi connectivity index (χ1) is 21.6. The lowest BCUT2D eigenvalue weighted by Crippen LogP contribution is -2.20. The van der Waals surface area contributed by atoms with E-state index in [1.165, 1.54) is 12.1 Å². The highest BCUT2D eigenvalue weighted by Gasteiger charge is 2.19. The van der Waals surface area contributed by atoms with E-state index in [0.717, 1.165) is 18.7 Å². The molecule has 0 amide bonds. The molecule has 10 heteroatoms. The van der Waals surface area contributed by atoms with Crippen LogP contribution in [0.4, 0.5) is 20.2 Å². The van der Waals surface area contributed by atoms with E-state index in [0.29, 0.717) is 51.5 Å². The van der Waals surface area contributed by atoms with Gasteiger partial charge in [-0.2, -0.15) is 0 Å². The number of allylic oxidation sites excluding steroid dienone is 5. The summed E-state index contributed by atoms with van der Waals surface area (Å²) >= 11 is 0. The van der Waals surface area contributed by atoms with Crippen molar-refractivity contribution in [2.24, 2.45) is 5.73 Å². The highest BCUT2D eigenvalue weighted by molar-refractivity contribution is 5.91. The minimum Gasteiger partial charge on any atom is -0.399 e. The molecule has 0 aliphatic heterocycles. The van der Waals surface area contributed by atoms with E-state index in [1.807, 2.05) is 32.0 Å². The lowest BCUT2D eigenvalue weighted by atomic mass is 10.00. The van der Waals surface area contributed by atoms with Gasteiger partial charge >= 0.3 is 0 Å². The summed E-state index contributed by atoms with van der Waals surface area (Å²) in [7, 11) is 3.95. The second-order valence-corrected chi connectivity index (χ2v) is 10.5. The maximum Gasteiger partial charge on any atom is 0.136 e. The van der Waals surface area contributed by atoms with Crippen molar-refractivity contribution < 1.29 is 8.78 Å². The molecule has 3 aromatic heterocycles. The maximum atomic E-state index is 16.1. The second kappa shape index (κ2) is 16.0. The number of aromatic nitrogens is 4. The van der Waals surface area contributed by atoms with Gasteiger partial charge in [-0.1, -0.05) is 26.2 Å². The molecule has 0 aliphatic carbocycles. The number of fused-ring (bicyclic) bond motifs is 1. The van der Waals surface area contributed by atoms with E-state index in [-0.39, 0.29) is 29.1 Å². The molecule has 0 saturated carbocycles. The van der Waals surface area contributed by atoms with Crippen LogP contribution in [-0.4, -0.2) is 52.0 Å². The molecular formula is C35H40F2N8. The van der Waals surface area contributed by atoms with Crippen molar-refractivity contribution in [3.8, 4) is 24.0 Å². The van der Waals surface area contributed by atoms with Crippen LogP contribution in [0.1, 0.15) is 31.7 Å². The summed E-state index contributed by atoms with van der Waals surface area (Å²) in [5, 5.41) is 6.42. The summed E-state index contributed by atoms with van der Waals surface area (Å²) in [5.74, 6) is -0.473. The molecular weight excluding hydrogens is 570 g/mol. The van der Waals surface area contributed by atoms with Gasteiger partial charge in [-0.05, 0) is 57.3 Å². The molecule has 0 bridgehead atoms. The topological polar surface area (TPSA) is 108 Å². The number of rotatable bonds is 13. The van der Waals surface area contributed by atoms with Crippen molar-refractivity contribution in [2.75, 3.05) is 37.8 Å². The zero-order chi connectivity index (χ0) is 33.1. The fourth-order valence-corrected chi connectivity index (χ4v) is 4.47. The molecule has 0 radical (unpaired) electrons. The molecule has 0 atom stereocenters. The molecule has 0 spiro atoms. The average Bonchev–Trinajstić information content (AvgIpc) is 3.46. The van der Waals surface area contributed by atoms with Gasteiger partial charge in [0.2, 0.25) is 0 Å². The smallest absolute Gasteiger partial charge is 0.136 e. The molecule has 45 heavy (non-hydrogen) atoms. The molecule has 0 saturated heterocycles. The lowest BCUT2D eigenvalue weighted by molar-refractivity contribution is 0.425. The van der Waals surface area contributed by atoms with E-state index < -0.39 is 5.83 Å². The first-order valence-corrected chi connectivity index (χ1v) is 14.3. The van der Waals surface area contributed by atoms with Gasteiger partial charge in [0.05, 0.1) is 29.1 Å². The monoisotopic (exact) mass is 610 g/mol. The molecule has 3 heterocycles. The van der Waals surface area contributed by atoms with Crippen molar-refractivity contribution >= 4 is 28.0 Å². The standard InChI is InChI=1S/C33H38F2N8.C2H2/c1-7-20(3)40-26-13-23(16-37-17-26)21(4)32(35)27(29(36)8-2)15-31-41-30-19-38-18-28(33(30)42-31)22-11-24(34)14-25(12-22)39-9-10-43(5)6;1-2/h8,11-14,16-19,39-40H,3-4,7,9-10,15,36H2,1-2,5-6H3,(H,41,42);1-2H/b29-8+,32-27+;. The zero-order valence-corrected chi connectivity index (χ0v) is 26.2. The van der Waals surface area contributed by atoms with Crippen molar-refractivity contribution in [3.05, 3.63) is 108 Å². The van der Waals surface area contributed by atoms with E-state index in [1.54, 1.807) is 43.9 Å². The SMILES string of the molecule is C#C.C=C(CC)Nc1cncc(C(=C)/C(F)=C(Cc2nc3c(-c4cc(F)cc(NCCN(C)C)c4)cncc3[nH]2)\C(N)=C/C)c1. The summed E-state index contributed by atoms with van der Waals surface area (Å²) in [6.45, 7) is 13.1. The first kappa shape index (κ1) is 34.2. The zero-order valence-electron chi connectivity index (χ0n) is 26.2. The Morgan fingerprint density at radius 2 is 1.80 bits per heavy atom. The number of imidazole rings is 1. The number of anilines is 2.